The molecule has 4 nitrogen and oxygen atoms in total. The van der Waals surface area contributed by atoms with Crippen LogP contribution < -0.4 is 4.74 Å². The van der Waals surface area contributed by atoms with Crippen LogP contribution in [0.25, 0.3) is 0 Å². The molecule has 1 aromatic rings. The Balaban J connectivity index is 2.68. The zero-order chi connectivity index (χ0) is 12.0. The molecule has 0 spiro atoms. The van der Waals surface area contributed by atoms with Crippen LogP contribution in [-0.2, 0) is 0 Å². The highest BCUT2D eigenvalue weighted by molar-refractivity contribution is 6.30. The lowest BCUT2D eigenvalue weighted by molar-refractivity contribution is -0.385. The molecule has 16 heavy (non-hydrogen) atoms. The van der Waals surface area contributed by atoms with Gasteiger partial charge in [0.2, 0.25) is 0 Å². The van der Waals surface area contributed by atoms with Gasteiger partial charge in [0.1, 0.15) is 0 Å². The summed E-state index contributed by atoms with van der Waals surface area (Å²) in [6, 6.07) is 4.24. The van der Waals surface area contributed by atoms with Gasteiger partial charge in [-0.2, -0.15) is 0 Å². The number of alkyl halides is 1. The summed E-state index contributed by atoms with van der Waals surface area (Å²) in [6.45, 7) is 0.397. The lowest BCUT2D eigenvalue weighted by Gasteiger charge is -2.06. The first-order chi connectivity index (χ1) is 7.65. The Hall–Kier alpha value is -1.00. The number of ether oxygens (including phenoxy) is 1. The predicted octanol–water partition coefficient (Wildman–Crippen LogP) is 3.65. The van der Waals surface area contributed by atoms with Crippen LogP contribution in [0.3, 0.4) is 0 Å². The van der Waals surface area contributed by atoms with Crippen LogP contribution in [0.15, 0.2) is 18.2 Å². The summed E-state index contributed by atoms with van der Waals surface area (Å²) >= 11 is 11.2. The Morgan fingerprint density at radius 1 is 1.38 bits per heavy atom. The Labute approximate surface area is 103 Å². The maximum Gasteiger partial charge on any atom is 0.311 e. The molecule has 0 aliphatic carbocycles. The maximum absolute atomic E-state index is 10.7. The third-order valence-corrected chi connectivity index (χ3v) is 2.41. The molecule has 0 radical (unpaired) electrons. The molecule has 0 saturated heterocycles. The van der Waals surface area contributed by atoms with E-state index in [0.717, 1.165) is 12.8 Å². The summed E-state index contributed by atoms with van der Waals surface area (Å²) in [4.78, 5) is 10.2. The normalized spacial score (nSPS) is 10.1. The van der Waals surface area contributed by atoms with E-state index in [0.29, 0.717) is 17.5 Å². The number of benzene rings is 1. The van der Waals surface area contributed by atoms with E-state index in [-0.39, 0.29) is 11.4 Å². The van der Waals surface area contributed by atoms with Crippen molar-refractivity contribution in [3.05, 3.63) is 33.3 Å². The number of hydrogen-bond donors (Lipinski definition) is 0. The van der Waals surface area contributed by atoms with Crippen LogP contribution >= 0.6 is 23.2 Å². The van der Waals surface area contributed by atoms with Crippen LogP contribution in [0.4, 0.5) is 5.69 Å². The van der Waals surface area contributed by atoms with Gasteiger partial charge in [-0.3, -0.25) is 10.1 Å². The summed E-state index contributed by atoms with van der Waals surface area (Å²) in [5, 5.41) is 11.1. The van der Waals surface area contributed by atoms with Crippen molar-refractivity contribution in [2.75, 3.05) is 12.5 Å². The van der Waals surface area contributed by atoms with Crippen molar-refractivity contribution in [2.24, 2.45) is 0 Å². The van der Waals surface area contributed by atoms with Crippen LogP contribution in [0.2, 0.25) is 5.02 Å². The maximum atomic E-state index is 10.7. The number of hydrogen-bond acceptors (Lipinski definition) is 3. The van der Waals surface area contributed by atoms with Crippen LogP contribution in [0.1, 0.15) is 12.8 Å². The fraction of sp³-hybridized carbons (Fsp3) is 0.400. The van der Waals surface area contributed by atoms with Crippen molar-refractivity contribution in [3.63, 3.8) is 0 Å². The molecule has 1 rings (SSSR count). The first kappa shape index (κ1) is 13.1. The molecular formula is C10H11Cl2NO3. The Bertz CT molecular complexity index is 371. The molecule has 0 heterocycles. The fourth-order valence-corrected chi connectivity index (χ4v) is 1.48. The summed E-state index contributed by atoms with van der Waals surface area (Å²) in [5.74, 6) is 0.758. The van der Waals surface area contributed by atoms with Crippen molar-refractivity contribution in [3.8, 4) is 5.75 Å². The highest BCUT2D eigenvalue weighted by atomic mass is 35.5. The number of halogens is 2. The Morgan fingerprint density at radius 3 is 2.75 bits per heavy atom. The van der Waals surface area contributed by atoms with Crippen molar-refractivity contribution < 1.29 is 9.66 Å². The van der Waals surface area contributed by atoms with E-state index in [4.69, 9.17) is 27.9 Å². The van der Waals surface area contributed by atoms with Gasteiger partial charge in [-0.15, -0.1) is 11.6 Å². The summed E-state index contributed by atoms with van der Waals surface area (Å²) < 4.78 is 5.30. The van der Waals surface area contributed by atoms with Crippen molar-refractivity contribution in [1.29, 1.82) is 0 Å². The zero-order valence-electron chi connectivity index (χ0n) is 8.49. The first-order valence-corrected chi connectivity index (χ1v) is 5.69. The van der Waals surface area contributed by atoms with Gasteiger partial charge >= 0.3 is 5.69 Å². The summed E-state index contributed by atoms with van der Waals surface area (Å²) in [5.41, 5.74) is -0.0738. The van der Waals surface area contributed by atoms with E-state index in [9.17, 15) is 10.1 Å². The van der Waals surface area contributed by atoms with E-state index < -0.39 is 4.92 Å². The second-order valence-electron chi connectivity index (χ2n) is 3.11. The Morgan fingerprint density at radius 2 is 2.12 bits per heavy atom. The highest BCUT2D eigenvalue weighted by Gasteiger charge is 2.14. The first-order valence-electron chi connectivity index (χ1n) is 4.78. The third kappa shape index (κ3) is 3.87. The van der Waals surface area contributed by atoms with Gasteiger partial charge in [-0.05, 0) is 18.9 Å². The van der Waals surface area contributed by atoms with Crippen LogP contribution in [0, 0.1) is 10.1 Å². The quantitative estimate of drug-likeness (QED) is 0.341. The average molecular weight is 264 g/mol. The molecule has 0 unspecified atom stereocenters. The molecule has 1 aromatic carbocycles. The number of unbranched alkanes of at least 4 members (excludes halogenated alkanes) is 1. The standard InChI is InChI=1S/C10H11Cl2NO3/c11-5-1-2-6-16-10-7-8(12)3-4-9(10)13(14)15/h3-4,7H,1-2,5-6H2. The highest BCUT2D eigenvalue weighted by Crippen LogP contribution is 2.29. The number of rotatable bonds is 6. The molecular weight excluding hydrogens is 253 g/mol. The molecule has 0 atom stereocenters. The average Bonchev–Trinajstić information content (AvgIpc) is 2.24. The van der Waals surface area contributed by atoms with Crippen LogP contribution in [-0.4, -0.2) is 17.4 Å². The number of nitro benzene ring substituents is 1. The van der Waals surface area contributed by atoms with Gasteiger partial charge in [-0.1, -0.05) is 11.6 Å². The minimum atomic E-state index is -0.493. The van der Waals surface area contributed by atoms with Crippen molar-refractivity contribution in [1.82, 2.24) is 0 Å². The third-order valence-electron chi connectivity index (χ3n) is 1.90. The molecule has 88 valence electrons. The number of nitro groups is 1. The lowest BCUT2D eigenvalue weighted by Crippen LogP contribution is -2.00. The van der Waals surface area contributed by atoms with Gasteiger partial charge in [-0.25, -0.2) is 0 Å². The molecule has 0 saturated carbocycles. The van der Waals surface area contributed by atoms with Crippen molar-refractivity contribution in [2.45, 2.75) is 12.8 Å². The van der Waals surface area contributed by atoms with Gasteiger partial charge in [0, 0.05) is 23.0 Å². The minimum absolute atomic E-state index is 0.0738. The van der Waals surface area contributed by atoms with Gasteiger partial charge in [0.05, 0.1) is 11.5 Å². The van der Waals surface area contributed by atoms with E-state index in [1.807, 2.05) is 0 Å². The summed E-state index contributed by atoms with van der Waals surface area (Å²) in [6.07, 6.45) is 1.57. The lowest BCUT2D eigenvalue weighted by atomic mass is 10.3. The molecule has 0 aromatic heterocycles. The zero-order valence-corrected chi connectivity index (χ0v) is 10.0. The smallest absolute Gasteiger partial charge is 0.311 e. The number of nitrogens with zero attached hydrogens (tertiary/aromatic N) is 1. The van der Waals surface area contributed by atoms with E-state index in [1.165, 1.54) is 18.2 Å². The van der Waals surface area contributed by atoms with Gasteiger partial charge in [0.25, 0.3) is 0 Å². The predicted molar refractivity (Wildman–Crippen MR) is 63.6 cm³/mol. The van der Waals surface area contributed by atoms with E-state index in [2.05, 4.69) is 0 Å². The Kier molecular flexibility index (Phi) is 5.35. The molecule has 0 N–H and O–H groups in total. The summed E-state index contributed by atoms with van der Waals surface area (Å²) in [7, 11) is 0. The fourth-order valence-electron chi connectivity index (χ4n) is 1.13. The SMILES string of the molecule is O=[N+]([O-])c1ccc(Cl)cc1OCCCCCl. The topological polar surface area (TPSA) is 52.4 Å². The van der Waals surface area contributed by atoms with Crippen molar-refractivity contribution >= 4 is 28.9 Å². The molecule has 0 fully saturated rings. The van der Waals surface area contributed by atoms with Gasteiger partial charge in [0.15, 0.2) is 5.75 Å². The second-order valence-corrected chi connectivity index (χ2v) is 3.93. The van der Waals surface area contributed by atoms with E-state index in [1.54, 1.807) is 0 Å². The molecule has 0 aliphatic rings. The van der Waals surface area contributed by atoms with Gasteiger partial charge < -0.3 is 4.74 Å². The second kappa shape index (κ2) is 6.55. The van der Waals surface area contributed by atoms with E-state index >= 15 is 0 Å². The molecule has 0 aliphatic heterocycles. The molecule has 0 amide bonds. The van der Waals surface area contributed by atoms with Crippen LogP contribution in [0.5, 0.6) is 5.75 Å². The molecule has 0 bridgehead atoms. The molecule has 6 heteroatoms. The largest absolute Gasteiger partial charge is 0.487 e. The minimum Gasteiger partial charge on any atom is -0.487 e. The monoisotopic (exact) mass is 263 g/mol.